The lowest BCUT2D eigenvalue weighted by molar-refractivity contribution is 0.146. The Hall–Kier alpha value is -2.71. The molecule has 0 saturated carbocycles. The largest absolute Gasteiger partial charge is 0.493 e. The summed E-state index contributed by atoms with van der Waals surface area (Å²) in [6, 6.07) is 7.88. The number of aromatic amines is 1. The van der Waals surface area contributed by atoms with Crippen LogP contribution in [0.15, 0.2) is 30.6 Å². The first-order valence-electron chi connectivity index (χ1n) is 10.1. The molecule has 0 amide bonds. The highest BCUT2D eigenvalue weighted by molar-refractivity contribution is 5.91. The van der Waals surface area contributed by atoms with Crippen molar-refractivity contribution in [3.05, 3.63) is 36.3 Å². The van der Waals surface area contributed by atoms with E-state index in [-0.39, 0.29) is 0 Å². The predicted molar refractivity (Wildman–Crippen MR) is 115 cm³/mol. The molecule has 0 atom stereocenters. The van der Waals surface area contributed by atoms with Crippen LogP contribution >= 0.6 is 0 Å². The van der Waals surface area contributed by atoms with Crippen LogP contribution in [0.3, 0.4) is 0 Å². The number of nitrogens with zero attached hydrogens (tertiary/aromatic N) is 4. The van der Waals surface area contributed by atoms with E-state index in [0.717, 1.165) is 73.1 Å². The fourth-order valence-electron chi connectivity index (χ4n) is 3.08. The number of aryl methyl sites for hydroxylation is 1. The molecule has 0 saturated heterocycles. The van der Waals surface area contributed by atoms with Crippen LogP contribution < -0.4 is 10.1 Å². The molecule has 2 N–H and O–H groups in total. The molecule has 0 bridgehead atoms. The number of benzene rings is 1. The molecule has 0 fully saturated rings. The Morgan fingerprint density at radius 1 is 1.10 bits per heavy atom. The lowest BCUT2D eigenvalue weighted by Crippen LogP contribution is -2.29. The topological polar surface area (TPSA) is 88.2 Å². The minimum Gasteiger partial charge on any atom is -0.493 e. The van der Waals surface area contributed by atoms with Crippen molar-refractivity contribution in [2.24, 2.45) is 0 Å². The molecule has 0 radical (unpaired) electrons. The summed E-state index contributed by atoms with van der Waals surface area (Å²) in [5.74, 6) is 2.29. The SMILES string of the molecule is CCc1cc(Nc2ncnc3cc(OCCCN(CC)CCOC)ccc23)n[nH]1. The summed E-state index contributed by atoms with van der Waals surface area (Å²) >= 11 is 0. The first-order valence-corrected chi connectivity index (χ1v) is 10.1. The molecule has 0 aliphatic rings. The van der Waals surface area contributed by atoms with E-state index < -0.39 is 0 Å². The highest BCUT2D eigenvalue weighted by atomic mass is 16.5. The van der Waals surface area contributed by atoms with Crippen LogP contribution in [0.2, 0.25) is 0 Å². The number of fused-ring (bicyclic) bond motifs is 1. The molecule has 0 spiro atoms. The molecule has 0 aliphatic carbocycles. The minimum atomic E-state index is 0.665. The zero-order valence-electron chi connectivity index (χ0n) is 17.4. The van der Waals surface area contributed by atoms with Crippen molar-refractivity contribution in [3.63, 3.8) is 0 Å². The van der Waals surface area contributed by atoms with Gasteiger partial charge >= 0.3 is 0 Å². The third-order valence-corrected chi connectivity index (χ3v) is 4.81. The van der Waals surface area contributed by atoms with Gasteiger partial charge in [0.2, 0.25) is 0 Å². The number of rotatable bonds is 12. The maximum Gasteiger partial charge on any atom is 0.153 e. The van der Waals surface area contributed by atoms with Crippen molar-refractivity contribution in [2.45, 2.75) is 26.7 Å². The molecule has 2 heterocycles. The molecule has 0 unspecified atom stereocenters. The van der Waals surface area contributed by atoms with Gasteiger partial charge in [-0.15, -0.1) is 0 Å². The average Bonchev–Trinajstić information content (AvgIpc) is 3.21. The van der Waals surface area contributed by atoms with E-state index in [1.54, 1.807) is 13.4 Å². The fourth-order valence-corrected chi connectivity index (χ4v) is 3.08. The van der Waals surface area contributed by atoms with Crippen LogP contribution in [0.5, 0.6) is 5.75 Å². The van der Waals surface area contributed by atoms with Gasteiger partial charge < -0.3 is 19.7 Å². The van der Waals surface area contributed by atoms with Crippen LogP contribution in [0.1, 0.15) is 26.0 Å². The number of hydrogen-bond donors (Lipinski definition) is 2. The van der Waals surface area contributed by atoms with Gasteiger partial charge in [0.1, 0.15) is 17.9 Å². The number of anilines is 2. The third kappa shape index (κ3) is 5.88. The number of nitrogens with one attached hydrogen (secondary N) is 2. The Bertz CT molecular complexity index is 898. The number of H-pyrrole nitrogens is 1. The molecule has 29 heavy (non-hydrogen) atoms. The zero-order valence-corrected chi connectivity index (χ0v) is 17.4. The van der Waals surface area contributed by atoms with E-state index in [4.69, 9.17) is 9.47 Å². The van der Waals surface area contributed by atoms with Gasteiger partial charge in [0.25, 0.3) is 0 Å². The molecule has 8 heteroatoms. The Balaban J connectivity index is 1.59. The molecule has 1 aromatic carbocycles. The van der Waals surface area contributed by atoms with Crippen LogP contribution in [0.4, 0.5) is 11.6 Å². The second-order valence-electron chi connectivity index (χ2n) is 6.79. The summed E-state index contributed by atoms with van der Waals surface area (Å²) in [6.45, 7) is 8.63. The van der Waals surface area contributed by atoms with Crippen molar-refractivity contribution in [3.8, 4) is 5.75 Å². The van der Waals surface area contributed by atoms with E-state index in [0.29, 0.717) is 6.61 Å². The molecular weight excluding hydrogens is 368 g/mol. The van der Waals surface area contributed by atoms with Gasteiger partial charge in [-0.05, 0) is 31.5 Å². The van der Waals surface area contributed by atoms with Gasteiger partial charge in [-0.1, -0.05) is 13.8 Å². The number of ether oxygens (including phenoxy) is 2. The van der Waals surface area contributed by atoms with Crippen molar-refractivity contribution in [2.75, 3.05) is 45.3 Å². The van der Waals surface area contributed by atoms with E-state index in [9.17, 15) is 0 Å². The maximum atomic E-state index is 5.93. The highest BCUT2D eigenvalue weighted by Crippen LogP contribution is 2.26. The summed E-state index contributed by atoms with van der Waals surface area (Å²) in [4.78, 5) is 11.1. The smallest absolute Gasteiger partial charge is 0.153 e. The number of aromatic nitrogens is 4. The lowest BCUT2D eigenvalue weighted by Gasteiger charge is -2.19. The molecule has 3 rings (SSSR count). The Labute approximate surface area is 171 Å². The summed E-state index contributed by atoms with van der Waals surface area (Å²) in [7, 11) is 1.73. The predicted octanol–water partition coefficient (Wildman–Crippen LogP) is 3.40. The van der Waals surface area contributed by atoms with Crippen molar-refractivity contribution in [1.82, 2.24) is 25.1 Å². The highest BCUT2D eigenvalue weighted by Gasteiger charge is 2.08. The summed E-state index contributed by atoms with van der Waals surface area (Å²) in [5, 5.41) is 11.4. The fraction of sp³-hybridized carbons (Fsp3) is 0.476. The Kier molecular flexibility index (Phi) is 7.77. The molecule has 8 nitrogen and oxygen atoms in total. The monoisotopic (exact) mass is 398 g/mol. The van der Waals surface area contributed by atoms with Gasteiger partial charge in [0.05, 0.1) is 18.7 Å². The Morgan fingerprint density at radius 3 is 2.76 bits per heavy atom. The second kappa shape index (κ2) is 10.7. The number of methoxy groups -OCH3 is 1. The van der Waals surface area contributed by atoms with Crippen molar-refractivity contribution >= 4 is 22.5 Å². The maximum absolute atomic E-state index is 5.93. The van der Waals surface area contributed by atoms with Gasteiger partial charge in [0.15, 0.2) is 5.82 Å². The summed E-state index contributed by atoms with van der Waals surface area (Å²) in [6.07, 6.45) is 3.42. The molecular formula is C21H30N6O2. The lowest BCUT2D eigenvalue weighted by atomic mass is 10.2. The molecule has 2 aromatic heterocycles. The standard InChI is InChI=1S/C21H30N6O2/c1-4-16-13-20(26-25-16)24-21-18-8-7-17(14-19(18)22-15-23-21)29-11-6-9-27(5-2)10-12-28-3/h7-8,13-15H,4-6,9-12H2,1-3H3,(H2,22,23,24,25,26). The Morgan fingerprint density at radius 2 is 2.00 bits per heavy atom. The summed E-state index contributed by atoms with van der Waals surface area (Å²) < 4.78 is 11.1. The van der Waals surface area contributed by atoms with Gasteiger partial charge in [-0.25, -0.2) is 9.97 Å². The first kappa shape index (κ1) is 21.0. The van der Waals surface area contributed by atoms with Crippen molar-refractivity contribution < 1.29 is 9.47 Å². The molecule has 0 aliphatic heterocycles. The second-order valence-corrected chi connectivity index (χ2v) is 6.79. The van der Waals surface area contributed by atoms with Gasteiger partial charge in [-0.2, -0.15) is 5.10 Å². The summed E-state index contributed by atoms with van der Waals surface area (Å²) in [5.41, 5.74) is 1.91. The average molecular weight is 399 g/mol. The minimum absolute atomic E-state index is 0.665. The number of hydrogen-bond acceptors (Lipinski definition) is 7. The van der Waals surface area contributed by atoms with E-state index in [2.05, 4.69) is 44.2 Å². The molecule has 156 valence electrons. The first-order chi connectivity index (χ1) is 14.2. The van der Waals surface area contributed by atoms with Gasteiger partial charge in [0, 0.05) is 43.4 Å². The third-order valence-electron chi connectivity index (χ3n) is 4.81. The zero-order chi connectivity index (χ0) is 20.5. The normalized spacial score (nSPS) is 11.3. The molecule has 3 aromatic rings. The van der Waals surface area contributed by atoms with Gasteiger partial charge in [-0.3, -0.25) is 5.10 Å². The quantitative estimate of drug-likeness (QED) is 0.452. The van der Waals surface area contributed by atoms with E-state index in [1.165, 1.54) is 0 Å². The van der Waals surface area contributed by atoms with E-state index in [1.807, 2.05) is 24.3 Å². The van der Waals surface area contributed by atoms with E-state index >= 15 is 0 Å². The van der Waals surface area contributed by atoms with Crippen LogP contribution in [-0.4, -0.2) is 65.0 Å². The van der Waals surface area contributed by atoms with Crippen LogP contribution in [-0.2, 0) is 11.2 Å². The number of likely N-dealkylation sites (N-methyl/N-ethyl adjacent to an activating group) is 1. The van der Waals surface area contributed by atoms with Crippen molar-refractivity contribution in [1.29, 1.82) is 0 Å². The van der Waals surface area contributed by atoms with Crippen LogP contribution in [0, 0.1) is 0 Å². The van der Waals surface area contributed by atoms with Crippen LogP contribution in [0.25, 0.3) is 10.9 Å².